The van der Waals surface area contributed by atoms with Crippen molar-refractivity contribution in [3.05, 3.63) is 72.6 Å². The molecule has 0 spiro atoms. The second-order valence-electron chi connectivity index (χ2n) is 5.87. The van der Waals surface area contributed by atoms with Gasteiger partial charge in [-0.1, -0.05) is 30.3 Å². The zero-order valence-corrected chi connectivity index (χ0v) is 12.6. The van der Waals surface area contributed by atoms with Crippen molar-refractivity contribution in [3.8, 4) is 0 Å². The molecule has 0 aliphatic heterocycles. The van der Waals surface area contributed by atoms with Crippen LogP contribution in [0.25, 0.3) is 0 Å². The molecule has 1 fully saturated rings. The van der Waals surface area contributed by atoms with E-state index in [1.54, 1.807) is 12.4 Å². The molecule has 4 atom stereocenters. The topological polar surface area (TPSA) is 78.8 Å². The Morgan fingerprint density at radius 1 is 1.22 bits per heavy atom. The van der Waals surface area contributed by atoms with Gasteiger partial charge in [0.2, 0.25) is 0 Å². The minimum atomic E-state index is -0.375. The Hall–Kier alpha value is -2.44. The highest BCUT2D eigenvalue weighted by Gasteiger charge is 2.43. The number of hydrogen-bond donors (Lipinski definition) is 3. The summed E-state index contributed by atoms with van der Waals surface area (Å²) in [6.45, 7) is 0. The number of aromatic nitrogens is 4. The molecule has 1 aliphatic carbocycles. The Morgan fingerprint density at radius 2 is 2.09 bits per heavy atom. The fourth-order valence-electron chi connectivity index (χ4n) is 3.22. The second-order valence-corrected chi connectivity index (χ2v) is 5.87. The van der Waals surface area contributed by atoms with Gasteiger partial charge in [-0.2, -0.15) is 5.10 Å². The Bertz CT molecular complexity index is 726. The molecule has 0 amide bonds. The van der Waals surface area contributed by atoms with Crippen molar-refractivity contribution >= 4 is 0 Å². The first-order chi connectivity index (χ1) is 11.3. The fourth-order valence-corrected chi connectivity index (χ4v) is 3.22. The first-order valence-electron chi connectivity index (χ1n) is 7.80. The van der Waals surface area contributed by atoms with Crippen LogP contribution in [0.5, 0.6) is 0 Å². The largest absolute Gasteiger partial charge is 0.391 e. The van der Waals surface area contributed by atoms with Crippen molar-refractivity contribution < 1.29 is 5.11 Å². The van der Waals surface area contributed by atoms with E-state index in [2.05, 4.69) is 32.5 Å². The van der Waals surface area contributed by atoms with Crippen molar-refractivity contribution in [1.82, 2.24) is 25.1 Å². The van der Waals surface area contributed by atoms with Crippen LogP contribution in [0.4, 0.5) is 0 Å². The van der Waals surface area contributed by atoms with Gasteiger partial charge >= 0.3 is 0 Å². The Kier molecular flexibility index (Phi) is 3.69. The van der Waals surface area contributed by atoms with E-state index >= 15 is 0 Å². The Morgan fingerprint density at radius 3 is 2.74 bits per heavy atom. The predicted octanol–water partition coefficient (Wildman–Crippen LogP) is 1.66. The van der Waals surface area contributed by atoms with E-state index in [4.69, 9.17) is 0 Å². The number of nitrogens with one attached hydrogen (secondary N) is 2. The molecule has 0 radical (unpaired) electrons. The lowest BCUT2D eigenvalue weighted by molar-refractivity contribution is -0.0105. The van der Waals surface area contributed by atoms with Crippen LogP contribution in [0.15, 0.2) is 61.2 Å². The second kappa shape index (κ2) is 5.98. The van der Waals surface area contributed by atoms with Crippen molar-refractivity contribution in [2.45, 2.75) is 30.7 Å². The molecule has 3 N–H and O–H groups in total. The lowest BCUT2D eigenvalue weighted by Gasteiger charge is -2.43. The van der Waals surface area contributed by atoms with Crippen LogP contribution >= 0.6 is 0 Å². The molecule has 3 aromatic rings. The summed E-state index contributed by atoms with van der Waals surface area (Å²) in [4.78, 5) is 7.60. The van der Waals surface area contributed by atoms with Gasteiger partial charge < -0.3 is 10.1 Å². The molecule has 6 nitrogen and oxygen atoms in total. The zero-order valence-electron chi connectivity index (χ0n) is 12.6. The number of rotatable bonds is 5. The smallest absolute Gasteiger partial charge is 0.127 e. The van der Waals surface area contributed by atoms with E-state index in [0.29, 0.717) is 6.42 Å². The molecular formula is C17H19N5O. The van der Waals surface area contributed by atoms with Gasteiger partial charge in [-0.15, -0.1) is 0 Å². The van der Waals surface area contributed by atoms with Crippen molar-refractivity contribution in [3.63, 3.8) is 0 Å². The van der Waals surface area contributed by atoms with E-state index in [1.165, 1.54) is 0 Å². The van der Waals surface area contributed by atoms with Gasteiger partial charge in [0.05, 0.1) is 18.2 Å². The first-order valence-corrected chi connectivity index (χ1v) is 7.80. The highest BCUT2D eigenvalue weighted by molar-refractivity contribution is 5.25. The van der Waals surface area contributed by atoms with E-state index in [-0.39, 0.29) is 24.2 Å². The molecule has 1 aliphatic rings. The maximum absolute atomic E-state index is 10.1. The Labute approximate surface area is 134 Å². The molecule has 2 aromatic heterocycles. The maximum Gasteiger partial charge on any atom is 0.127 e. The van der Waals surface area contributed by atoms with Crippen molar-refractivity contribution in [1.29, 1.82) is 0 Å². The van der Waals surface area contributed by atoms with Gasteiger partial charge in [0.15, 0.2) is 0 Å². The summed E-state index contributed by atoms with van der Waals surface area (Å²) in [6.07, 6.45) is 7.55. The summed E-state index contributed by atoms with van der Waals surface area (Å²) in [5.74, 6) is 0.872. The van der Waals surface area contributed by atoms with Gasteiger partial charge in [0.1, 0.15) is 5.82 Å². The standard InChI is InChI=1S/C17H19N5O/c23-14-11-13(16(14)22-10-4-7-20-22)21-15(17-18-8-9-19-17)12-5-2-1-3-6-12/h1-10,13-16,21,23H,11H2,(H,18,19)/t13-,14+,15?,16+/m0/s1. The molecule has 23 heavy (non-hydrogen) atoms. The first kappa shape index (κ1) is 14.2. The van der Waals surface area contributed by atoms with Gasteiger partial charge in [-0.3, -0.25) is 10.00 Å². The molecule has 1 unspecified atom stereocenters. The molecule has 6 heteroatoms. The van der Waals surface area contributed by atoms with Crippen LogP contribution in [-0.4, -0.2) is 37.0 Å². The molecule has 0 bridgehead atoms. The average Bonchev–Trinajstić information content (AvgIpc) is 3.25. The maximum atomic E-state index is 10.1. The summed E-state index contributed by atoms with van der Waals surface area (Å²) in [7, 11) is 0. The molecule has 118 valence electrons. The monoisotopic (exact) mass is 309 g/mol. The molecule has 1 saturated carbocycles. The molecule has 0 saturated heterocycles. The number of benzene rings is 1. The minimum absolute atomic E-state index is 0.0400. The van der Waals surface area contributed by atoms with Crippen LogP contribution in [0.1, 0.15) is 29.9 Å². The van der Waals surface area contributed by atoms with Crippen LogP contribution in [0.2, 0.25) is 0 Å². The number of hydrogen-bond acceptors (Lipinski definition) is 4. The summed E-state index contributed by atoms with van der Waals surface area (Å²) in [5, 5.41) is 18.0. The van der Waals surface area contributed by atoms with E-state index in [1.807, 2.05) is 41.3 Å². The number of aliphatic hydroxyl groups is 1. The average molecular weight is 309 g/mol. The number of aliphatic hydroxyl groups excluding tert-OH is 1. The quantitative estimate of drug-likeness (QED) is 0.670. The summed E-state index contributed by atoms with van der Waals surface area (Å²) in [6, 6.07) is 12.1. The SMILES string of the molecule is O[C@@H]1C[C@H](NC(c2ccccc2)c2ncc[nH]2)[C@H]1n1cccn1. The number of aromatic amines is 1. The van der Waals surface area contributed by atoms with Gasteiger partial charge in [-0.25, -0.2) is 4.98 Å². The molecular weight excluding hydrogens is 290 g/mol. The Balaban J connectivity index is 1.59. The lowest BCUT2D eigenvalue weighted by Crippen LogP contribution is -2.55. The van der Waals surface area contributed by atoms with Crippen LogP contribution in [0.3, 0.4) is 0 Å². The van der Waals surface area contributed by atoms with Crippen LogP contribution < -0.4 is 5.32 Å². The minimum Gasteiger partial charge on any atom is -0.391 e. The number of imidazole rings is 1. The molecule has 2 heterocycles. The highest BCUT2D eigenvalue weighted by atomic mass is 16.3. The third-order valence-electron chi connectivity index (χ3n) is 4.44. The van der Waals surface area contributed by atoms with Gasteiger partial charge in [-0.05, 0) is 18.1 Å². The predicted molar refractivity (Wildman–Crippen MR) is 85.7 cm³/mol. The number of H-pyrrole nitrogens is 1. The van der Waals surface area contributed by atoms with Gasteiger partial charge in [0, 0.05) is 30.8 Å². The fraction of sp³-hybridized carbons (Fsp3) is 0.294. The van der Waals surface area contributed by atoms with Crippen LogP contribution in [0, 0.1) is 0 Å². The van der Waals surface area contributed by atoms with E-state index < -0.39 is 0 Å². The molecule has 4 rings (SSSR count). The van der Waals surface area contributed by atoms with Crippen LogP contribution in [-0.2, 0) is 0 Å². The van der Waals surface area contributed by atoms with E-state index in [9.17, 15) is 5.11 Å². The van der Waals surface area contributed by atoms with Crippen molar-refractivity contribution in [2.24, 2.45) is 0 Å². The lowest BCUT2D eigenvalue weighted by atomic mass is 9.82. The van der Waals surface area contributed by atoms with Crippen molar-refractivity contribution in [2.75, 3.05) is 0 Å². The molecule has 1 aromatic carbocycles. The van der Waals surface area contributed by atoms with E-state index in [0.717, 1.165) is 11.4 Å². The third kappa shape index (κ3) is 2.67. The summed E-state index contributed by atoms with van der Waals surface area (Å²) >= 11 is 0. The zero-order chi connectivity index (χ0) is 15.6. The number of nitrogens with zero attached hydrogens (tertiary/aromatic N) is 3. The third-order valence-corrected chi connectivity index (χ3v) is 4.44. The summed E-state index contributed by atoms with van der Waals surface area (Å²) < 4.78 is 1.83. The highest BCUT2D eigenvalue weighted by Crippen LogP contribution is 2.34. The van der Waals surface area contributed by atoms with Gasteiger partial charge in [0.25, 0.3) is 0 Å². The normalized spacial score (nSPS) is 25.0. The summed E-state index contributed by atoms with van der Waals surface area (Å²) in [5.41, 5.74) is 1.14.